The average molecular weight is 322 g/mol. The molecule has 2 aromatic rings. The standard InChI is InChI=1S/C14H11F2N3O2S/c15-11-2-4-14(12(16)6-11)18-8-10-5-9(7-17)1-3-13(10)19-22(20)21/h1-6,18-19H,8H2,(H,20,21)/p-1. The molecule has 1 atom stereocenters. The van der Waals surface area contributed by atoms with Gasteiger partial charge in [0.1, 0.15) is 11.6 Å². The lowest BCUT2D eigenvalue weighted by atomic mass is 10.1. The molecule has 0 saturated heterocycles. The molecule has 0 heterocycles. The maximum Gasteiger partial charge on any atom is 0.149 e. The van der Waals surface area contributed by atoms with Gasteiger partial charge in [0.15, 0.2) is 0 Å². The molecule has 2 aromatic carbocycles. The lowest BCUT2D eigenvalue weighted by Gasteiger charge is -2.15. The van der Waals surface area contributed by atoms with Crippen LogP contribution < -0.4 is 10.0 Å². The highest BCUT2D eigenvalue weighted by Crippen LogP contribution is 2.21. The van der Waals surface area contributed by atoms with Gasteiger partial charge in [-0.05, 0) is 35.9 Å². The number of hydrogen-bond donors (Lipinski definition) is 2. The highest BCUT2D eigenvalue weighted by Gasteiger charge is 2.07. The molecular formula is C14H10F2N3O2S-. The third-order valence-electron chi connectivity index (χ3n) is 2.83. The number of benzene rings is 2. The maximum absolute atomic E-state index is 13.5. The Morgan fingerprint density at radius 1 is 1.18 bits per heavy atom. The predicted molar refractivity (Wildman–Crippen MR) is 77.4 cm³/mol. The van der Waals surface area contributed by atoms with Gasteiger partial charge in [0.2, 0.25) is 0 Å². The van der Waals surface area contributed by atoms with Crippen LogP contribution in [0.1, 0.15) is 11.1 Å². The maximum atomic E-state index is 13.5. The quantitative estimate of drug-likeness (QED) is 0.828. The van der Waals surface area contributed by atoms with Crippen LogP contribution >= 0.6 is 0 Å². The van der Waals surface area contributed by atoms with E-state index in [0.29, 0.717) is 11.1 Å². The van der Waals surface area contributed by atoms with E-state index in [-0.39, 0.29) is 17.9 Å². The number of nitriles is 1. The van der Waals surface area contributed by atoms with Gasteiger partial charge in [0.25, 0.3) is 0 Å². The van der Waals surface area contributed by atoms with Crippen LogP contribution in [-0.4, -0.2) is 8.76 Å². The summed E-state index contributed by atoms with van der Waals surface area (Å²) in [5.74, 6) is -1.46. The second kappa shape index (κ2) is 6.98. The van der Waals surface area contributed by atoms with E-state index in [2.05, 4.69) is 10.0 Å². The lowest BCUT2D eigenvalue weighted by Crippen LogP contribution is -2.09. The van der Waals surface area contributed by atoms with Crippen molar-refractivity contribution in [3.8, 4) is 6.07 Å². The SMILES string of the molecule is N#Cc1ccc(NS(=O)[O-])c(CNc2ccc(F)cc2F)c1. The van der Waals surface area contributed by atoms with Crippen molar-refractivity contribution in [1.29, 1.82) is 5.26 Å². The summed E-state index contributed by atoms with van der Waals surface area (Å²) >= 11 is -2.53. The van der Waals surface area contributed by atoms with Crippen molar-refractivity contribution in [1.82, 2.24) is 0 Å². The minimum absolute atomic E-state index is 0.0532. The van der Waals surface area contributed by atoms with Crippen molar-refractivity contribution in [2.45, 2.75) is 6.54 Å². The molecule has 2 N–H and O–H groups in total. The van der Waals surface area contributed by atoms with Gasteiger partial charge < -0.3 is 14.6 Å². The second-order valence-corrected chi connectivity index (χ2v) is 4.97. The highest BCUT2D eigenvalue weighted by molar-refractivity contribution is 7.80. The van der Waals surface area contributed by atoms with Crippen molar-refractivity contribution in [2.24, 2.45) is 0 Å². The molecule has 5 nitrogen and oxygen atoms in total. The first-order valence-corrected chi connectivity index (χ1v) is 7.15. The van der Waals surface area contributed by atoms with Gasteiger partial charge in [-0.1, -0.05) is 0 Å². The van der Waals surface area contributed by atoms with Crippen LogP contribution in [0.5, 0.6) is 0 Å². The van der Waals surface area contributed by atoms with E-state index >= 15 is 0 Å². The topological polar surface area (TPSA) is 88.0 Å². The van der Waals surface area contributed by atoms with E-state index in [0.717, 1.165) is 12.1 Å². The molecule has 0 amide bonds. The Bertz CT molecular complexity index is 762. The van der Waals surface area contributed by atoms with Crippen LogP contribution in [0.2, 0.25) is 0 Å². The van der Waals surface area contributed by atoms with Crippen LogP contribution in [0.15, 0.2) is 36.4 Å². The average Bonchev–Trinajstić information content (AvgIpc) is 2.47. The summed E-state index contributed by atoms with van der Waals surface area (Å²) in [6.45, 7) is 0.0532. The molecule has 0 radical (unpaired) electrons. The summed E-state index contributed by atoms with van der Waals surface area (Å²) in [6, 6.07) is 9.37. The van der Waals surface area contributed by atoms with Gasteiger partial charge in [-0.3, -0.25) is 4.21 Å². The van der Waals surface area contributed by atoms with Gasteiger partial charge in [-0.25, -0.2) is 8.78 Å². The van der Waals surface area contributed by atoms with Crippen LogP contribution in [0.4, 0.5) is 20.2 Å². The van der Waals surface area contributed by atoms with Crippen molar-refractivity contribution in [3.63, 3.8) is 0 Å². The third kappa shape index (κ3) is 4.00. The third-order valence-corrected chi connectivity index (χ3v) is 3.21. The van der Waals surface area contributed by atoms with Gasteiger partial charge >= 0.3 is 0 Å². The minimum Gasteiger partial charge on any atom is -0.755 e. The number of anilines is 2. The highest BCUT2D eigenvalue weighted by atomic mass is 32.2. The molecule has 8 heteroatoms. The van der Waals surface area contributed by atoms with E-state index in [1.165, 1.54) is 24.3 Å². The zero-order chi connectivity index (χ0) is 16.1. The fourth-order valence-electron chi connectivity index (χ4n) is 1.82. The van der Waals surface area contributed by atoms with Crippen LogP contribution in [0, 0.1) is 23.0 Å². The second-order valence-electron chi connectivity index (χ2n) is 4.30. The van der Waals surface area contributed by atoms with E-state index in [1.54, 1.807) is 0 Å². The molecule has 0 aliphatic carbocycles. The normalized spacial score (nSPS) is 11.5. The summed E-state index contributed by atoms with van der Waals surface area (Å²) in [5.41, 5.74) is 1.12. The number of rotatable bonds is 5. The van der Waals surface area contributed by atoms with Crippen LogP contribution in [0.25, 0.3) is 0 Å². The van der Waals surface area contributed by atoms with Crippen LogP contribution in [-0.2, 0) is 17.8 Å². The number of hydrogen-bond acceptors (Lipinski definition) is 4. The van der Waals surface area contributed by atoms with E-state index in [1.807, 2.05) is 6.07 Å². The molecule has 0 aliphatic heterocycles. The summed E-state index contributed by atoms with van der Waals surface area (Å²) < 4.78 is 50.1. The molecule has 0 saturated carbocycles. The minimum atomic E-state index is -2.53. The Morgan fingerprint density at radius 2 is 1.91 bits per heavy atom. The van der Waals surface area contributed by atoms with Gasteiger partial charge in [0, 0.05) is 23.9 Å². The van der Waals surface area contributed by atoms with E-state index in [4.69, 9.17) is 5.26 Å². The van der Waals surface area contributed by atoms with Gasteiger partial charge in [0.05, 0.1) is 23.0 Å². The van der Waals surface area contributed by atoms with Gasteiger partial charge in [-0.2, -0.15) is 5.26 Å². The van der Waals surface area contributed by atoms with Crippen molar-refractivity contribution >= 4 is 22.6 Å². The Kier molecular flexibility index (Phi) is 5.04. The number of nitrogens with zero attached hydrogens (tertiary/aromatic N) is 1. The fourth-order valence-corrected chi connectivity index (χ4v) is 2.20. The van der Waals surface area contributed by atoms with E-state index < -0.39 is 22.9 Å². The zero-order valence-electron chi connectivity index (χ0n) is 11.1. The molecule has 0 fully saturated rings. The fraction of sp³-hybridized carbons (Fsp3) is 0.0714. The monoisotopic (exact) mass is 322 g/mol. The summed E-state index contributed by atoms with van der Waals surface area (Å²) in [6.07, 6.45) is 0. The molecule has 114 valence electrons. The van der Waals surface area contributed by atoms with Crippen molar-refractivity contribution in [2.75, 3.05) is 10.0 Å². The first kappa shape index (κ1) is 15.9. The summed E-state index contributed by atoms with van der Waals surface area (Å²) in [5, 5.41) is 11.6. The molecule has 0 aromatic heterocycles. The number of halogens is 2. The smallest absolute Gasteiger partial charge is 0.149 e. The van der Waals surface area contributed by atoms with Crippen molar-refractivity contribution in [3.05, 3.63) is 59.2 Å². The molecule has 0 spiro atoms. The largest absolute Gasteiger partial charge is 0.755 e. The van der Waals surface area contributed by atoms with Crippen LogP contribution in [0.3, 0.4) is 0 Å². The zero-order valence-corrected chi connectivity index (χ0v) is 11.9. The molecule has 22 heavy (non-hydrogen) atoms. The molecule has 2 rings (SSSR count). The Balaban J connectivity index is 2.23. The molecular weight excluding hydrogens is 312 g/mol. The predicted octanol–water partition coefficient (Wildman–Crippen LogP) is 2.65. The Morgan fingerprint density at radius 3 is 2.55 bits per heavy atom. The summed E-state index contributed by atoms with van der Waals surface area (Å²) in [7, 11) is 0. The molecule has 0 aliphatic rings. The molecule has 0 bridgehead atoms. The summed E-state index contributed by atoms with van der Waals surface area (Å²) in [4.78, 5) is 0. The lowest BCUT2D eigenvalue weighted by molar-refractivity contribution is 0.542. The molecule has 1 unspecified atom stereocenters. The first-order chi connectivity index (χ1) is 10.5. The van der Waals surface area contributed by atoms with Gasteiger partial charge in [-0.15, -0.1) is 0 Å². The van der Waals surface area contributed by atoms with E-state index in [9.17, 15) is 17.5 Å². The van der Waals surface area contributed by atoms with Crippen molar-refractivity contribution < 1.29 is 17.5 Å². The Labute approximate surface area is 128 Å². The Hall–Kier alpha value is -2.50. The first-order valence-electron chi connectivity index (χ1n) is 6.07. The number of nitrogens with one attached hydrogen (secondary N) is 2.